The third kappa shape index (κ3) is 4.23. The Morgan fingerprint density at radius 3 is 2.64 bits per heavy atom. The van der Waals surface area contributed by atoms with Gasteiger partial charge in [-0.25, -0.2) is 0 Å². The summed E-state index contributed by atoms with van der Waals surface area (Å²) in [4.78, 5) is 0. The van der Waals surface area contributed by atoms with Crippen LogP contribution < -0.4 is 5.73 Å². The number of benzene rings is 1. The summed E-state index contributed by atoms with van der Waals surface area (Å²) in [6.07, 6.45) is 11.3. The van der Waals surface area contributed by atoms with Gasteiger partial charge in [0.1, 0.15) is 0 Å². The quantitative estimate of drug-likeness (QED) is 0.824. The maximum absolute atomic E-state index is 6.20. The van der Waals surface area contributed by atoms with Gasteiger partial charge in [-0.3, -0.25) is 5.10 Å². The molecule has 0 amide bonds. The lowest BCUT2D eigenvalue weighted by molar-refractivity contribution is 0.417. The van der Waals surface area contributed by atoms with Crippen LogP contribution in [-0.2, 0) is 0 Å². The van der Waals surface area contributed by atoms with Gasteiger partial charge in [-0.1, -0.05) is 43.4 Å². The number of rotatable bonds is 2. The van der Waals surface area contributed by atoms with Crippen LogP contribution in [0.3, 0.4) is 0 Å². The minimum atomic E-state index is -0.725. The second kappa shape index (κ2) is 7.47. The van der Waals surface area contributed by atoms with Crippen molar-refractivity contribution in [2.24, 2.45) is 21.9 Å². The number of azo groups is 1. The van der Waals surface area contributed by atoms with Crippen LogP contribution in [0.1, 0.15) is 12.5 Å². The van der Waals surface area contributed by atoms with E-state index in [1.807, 2.05) is 68.5 Å². The Morgan fingerprint density at radius 2 is 2.05 bits per heavy atom. The van der Waals surface area contributed by atoms with Crippen molar-refractivity contribution in [3.63, 3.8) is 0 Å². The molecule has 1 aliphatic carbocycles. The molecule has 3 rings (SSSR count). The van der Waals surface area contributed by atoms with E-state index in [1.165, 1.54) is 0 Å². The molecule has 0 saturated carbocycles. The maximum Gasteiger partial charge on any atom is 0.154 e. The monoisotopic (exact) mass is 295 g/mol. The molecule has 22 heavy (non-hydrogen) atoms. The zero-order valence-electron chi connectivity index (χ0n) is 12.8. The number of aryl methyl sites for hydroxylation is 1. The van der Waals surface area contributed by atoms with Gasteiger partial charge < -0.3 is 5.73 Å². The zero-order chi connectivity index (χ0) is 15.8. The fraction of sp³-hybridized carbons (Fsp3) is 0.235. The first-order valence-corrected chi connectivity index (χ1v) is 7.19. The van der Waals surface area contributed by atoms with Crippen molar-refractivity contribution in [3.8, 4) is 0 Å². The summed E-state index contributed by atoms with van der Waals surface area (Å²) in [5.41, 5.74) is 7.44. The molecule has 1 aromatic heterocycles. The fourth-order valence-corrected chi connectivity index (χ4v) is 1.90. The summed E-state index contributed by atoms with van der Waals surface area (Å²) in [5, 5.41) is 14.8. The topological polar surface area (TPSA) is 79.4 Å². The van der Waals surface area contributed by atoms with Gasteiger partial charge in [0.15, 0.2) is 5.66 Å². The molecule has 5 nitrogen and oxygen atoms in total. The fourth-order valence-electron chi connectivity index (χ4n) is 1.90. The summed E-state index contributed by atoms with van der Waals surface area (Å²) in [6, 6.07) is 9.72. The molecule has 1 heterocycles. The minimum absolute atomic E-state index is 0.153. The lowest BCUT2D eigenvalue weighted by Crippen LogP contribution is -2.42. The first-order valence-electron chi connectivity index (χ1n) is 7.19. The molecule has 3 N–H and O–H groups in total. The largest absolute Gasteiger partial charge is 0.302 e. The molecule has 2 aromatic rings. The molecule has 0 radical (unpaired) electrons. The van der Waals surface area contributed by atoms with E-state index in [9.17, 15) is 0 Å². The van der Waals surface area contributed by atoms with E-state index in [4.69, 9.17) is 5.73 Å². The number of allylic oxidation sites excluding steroid dienone is 2. The smallest absolute Gasteiger partial charge is 0.154 e. The van der Waals surface area contributed by atoms with Crippen LogP contribution in [0.4, 0.5) is 5.69 Å². The van der Waals surface area contributed by atoms with E-state index in [2.05, 4.69) is 20.4 Å². The molecule has 114 valence electrons. The van der Waals surface area contributed by atoms with Crippen molar-refractivity contribution in [3.05, 3.63) is 72.6 Å². The van der Waals surface area contributed by atoms with Gasteiger partial charge in [0, 0.05) is 18.3 Å². The van der Waals surface area contributed by atoms with Crippen LogP contribution in [-0.4, -0.2) is 15.9 Å². The second-order valence-corrected chi connectivity index (χ2v) is 5.17. The average molecular weight is 295 g/mol. The van der Waals surface area contributed by atoms with Crippen molar-refractivity contribution in [2.75, 3.05) is 0 Å². The molecule has 5 heteroatoms. The summed E-state index contributed by atoms with van der Waals surface area (Å²) in [6.45, 7) is 4.05. The van der Waals surface area contributed by atoms with E-state index in [1.54, 1.807) is 12.4 Å². The standard InChI is InChI=1S/C14H17N3.C3H4N2/c1-11-7-3-4-9-13(11)16-17-14(15)10-6-5-8-12(14)2;1-2-4-5-3-1/h3-10,12H,15H2,1-2H3;1-3H,(H,4,5). The molecule has 1 aromatic carbocycles. The molecule has 2 unspecified atom stereocenters. The van der Waals surface area contributed by atoms with Gasteiger partial charge in [-0.05, 0) is 30.7 Å². The normalized spacial score (nSPS) is 23.3. The van der Waals surface area contributed by atoms with Crippen LogP contribution in [0.2, 0.25) is 0 Å². The van der Waals surface area contributed by atoms with Crippen molar-refractivity contribution >= 4 is 5.69 Å². The van der Waals surface area contributed by atoms with Crippen LogP contribution in [0.5, 0.6) is 0 Å². The van der Waals surface area contributed by atoms with Gasteiger partial charge in [0.05, 0.1) is 5.69 Å². The summed E-state index contributed by atoms with van der Waals surface area (Å²) < 4.78 is 0. The predicted molar refractivity (Wildman–Crippen MR) is 88.6 cm³/mol. The Labute approximate surface area is 130 Å². The van der Waals surface area contributed by atoms with Gasteiger partial charge >= 0.3 is 0 Å². The number of nitrogens with one attached hydrogen (secondary N) is 1. The summed E-state index contributed by atoms with van der Waals surface area (Å²) in [5.74, 6) is 0.153. The van der Waals surface area contributed by atoms with Crippen LogP contribution in [0, 0.1) is 12.8 Å². The number of hydrogen-bond donors (Lipinski definition) is 2. The zero-order valence-corrected chi connectivity index (χ0v) is 12.8. The minimum Gasteiger partial charge on any atom is -0.302 e. The lowest BCUT2D eigenvalue weighted by Gasteiger charge is -2.26. The van der Waals surface area contributed by atoms with Crippen molar-refractivity contribution < 1.29 is 0 Å². The molecule has 0 bridgehead atoms. The Morgan fingerprint density at radius 1 is 1.23 bits per heavy atom. The van der Waals surface area contributed by atoms with Gasteiger partial charge in [0.25, 0.3) is 0 Å². The highest BCUT2D eigenvalue weighted by atomic mass is 15.2. The lowest BCUT2D eigenvalue weighted by atomic mass is 9.92. The van der Waals surface area contributed by atoms with Crippen LogP contribution >= 0.6 is 0 Å². The van der Waals surface area contributed by atoms with E-state index in [-0.39, 0.29) is 5.92 Å². The van der Waals surface area contributed by atoms with Crippen molar-refractivity contribution in [2.45, 2.75) is 19.5 Å². The molecule has 2 atom stereocenters. The molecule has 0 saturated heterocycles. The van der Waals surface area contributed by atoms with Crippen LogP contribution in [0.15, 0.2) is 77.3 Å². The van der Waals surface area contributed by atoms with Gasteiger partial charge in [-0.2, -0.15) is 15.3 Å². The molecule has 0 spiro atoms. The molecule has 1 aliphatic rings. The molecule has 0 fully saturated rings. The van der Waals surface area contributed by atoms with Gasteiger partial charge in [0.2, 0.25) is 0 Å². The number of nitrogens with zero attached hydrogens (tertiary/aromatic N) is 3. The van der Waals surface area contributed by atoms with Crippen LogP contribution in [0.25, 0.3) is 0 Å². The maximum atomic E-state index is 6.20. The summed E-state index contributed by atoms with van der Waals surface area (Å²) >= 11 is 0. The molecular formula is C17H21N5. The highest BCUT2D eigenvalue weighted by Crippen LogP contribution is 2.26. The SMILES string of the molecule is Cc1ccccc1N=NC1(N)C=CC=CC1C.c1cn[nH]c1. The summed E-state index contributed by atoms with van der Waals surface area (Å²) in [7, 11) is 0. The highest BCUT2D eigenvalue weighted by Gasteiger charge is 2.28. The third-order valence-electron chi connectivity index (χ3n) is 3.46. The Hall–Kier alpha value is -2.53. The number of H-pyrrole nitrogens is 1. The Kier molecular flexibility index (Phi) is 5.38. The number of aromatic amines is 1. The average Bonchev–Trinajstić information content (AvgIpc) is 3.09. The number of hydrogen-bond acceptors (Lipinski definition) is 4. The van der Waals surface area contributed by atoms with E-state index in [0.717, 1.165) is 11.3 Å². The first-order chi connectivity index (χ1) is 10.6. The predicted octanol–water partition coefficient (Wildman–Crippen LogP) is 3.91. The van der Waals surface area contributed by atoms with Crippen molar-refractivity contribution in [1.29, 1.82) is 0 Å². The highest BCUT2D eigenvalue weighted by molar-refractivity contribution is 5.44. The number of nitrogens with two attached hydrogens (primary N) is 1. The molecule has 0 aliphatic heterocycles. The third-order valence-corrected chi connectivity index (χ3v) is 3.46. The second-order valence-electron chi connectivity index (χ2n) is 5.17. The van der Waals surface area contributed by atoms with E-state index in [0.29, 0.717) is 0 Å². The Balaban J connectivity index is 0.000000299. The van der Waals surface area contributed by atoms with E-state index >= 15 is 0 Å². The van der Waals surface area contributed by atoms with Gasteiger partial charge in [-0.15, -0.1) is 0 Å². The van der Waals surface area contributed by atoms with Crippen molar-refractivity contribution in [1.82, 2.24) is 10.2 Å². The first kappa shape index (κ1) is 15.9. The number of aromatic nitrogens is 2. The molecular weight excluding hydrogens is 274 g/mol. The van der Waals surface area contributed by atoms with E-state index < -0.39 is 5.66 Å². The Bertz CT molecular complexity index is 640.